The minimum absolute atomic E-state index is 0.124. The molecule has 0 aliphatic heterocycles. The smallest absolute Gasteiger partial charge is 0.383 e. The predicted molar refractivity (Wildman–Crippen MR) is 105 cm³/mol. The fraction of sp³-hybridized carbons (Fsp3) is 0.217. The van der Waals surface area contributed by atoms with Gasteiger partial charge in [0.15, 0.2) is 0 Å². The summed E-state index contributed by atoms with van der Waals surface area (Å²) in [5.41, 5.74) is 9.59. The highest BCUT2D eigenvalue weighted by Crippen LogP contribution is 2.41. The second kappa shape index (κ2) is 7.25. The Kier molecular flexibility index (Phi) is 4.75. The zero-order chi connectivity index (χ0) is 20.6. The molecule has 29 heavy (non-hydrogen) atoms. The number of benzene rings is 2. The number of pyridine rings is 1. The van der Waals surface area contributed by atoms with Crippen LogP contribution in [-0.4, -0.2) is 4.98 Å². The predicted octanol–water partition coefficient (Wildman–Crippen LogP) is 5.49. The quantitative estimate of drug-likeness (QED) is 0.626. The number of hydrogen-bond acceptors (Lipinski definition) is 3. The average Bonchev–Trinajstić information content (AvgIpc) is 2.72. The van der Waals surface area contributed by atoms with Crippen LogP contribution in [0.3, 0.4) is 0 Å². The van der Waals surface area contributed by atoms with E-state index >= 15 is 0 Å². The van der Waals surface area contributed by atoms with E-state index in [2.05, 4.69) is 23.2 Å². The molecule has 1 atom stereocenters. The van der Waals surface area contributed by atoms with E-state index in [1.54, 1.807) is 0 Å². The number of alkyl halides is 3. The number of halogens is 3. The molecule has 0 saturated carbocycles. The number of anilines is 1. The van der Waals surface area contributed by atoms with Gasteiger partial charge in [0.2, 0.25) is 0 Å². The molecule has 3 aromatic rings. The second-order valence-corrected chi connectivity index (χ2v) is 7.21. The van der Waals surface area contributed by atoms with Crippen LogP contribution >= 0.6 is 0 Å². The van der Waals surface area contributed by atoms with E-state index in [1.807, 2.05) is 18.2 Å². The minimum atomic E-state index is -4.41. The molecule has 1 aliphatic rings. The minimum Gasteiger partial charge on any atom is -0.383 e. The van der Waals surface area contributed by atoms with Crippen molar-refractivity contribution in [2.45, 2.75) is 31.4 Å². The Labute approximate surface area is 166 Å². The number of fused-ring (bicyclic) bond motifs is 1. The lowest BCUT2D eigenvalue weighted by atomic mass is 9.78. The molecule has 0 amide bonds. The molecule has 2 N–H and O–H groups in total. The van der Waals surface area contributed by atoms with Crippen molar-refractivity contribution in [2.24, 2.45) is 0 Å². The maximum Gasteiger partial charge on any atom is 0.416 e. The summed E-state index contributed by atoms with van der Waals surface area (Å²) in [5, 5.41) is 9.68. The van der Waals surface area contributed by atoms with Gasteiger partial charge in [-0.05, 0) is 54.0 Å². The van der Waals surface area contributed by atoms with Gasteiger partial charge in [0.05, 0.1) is 5.56 Å². The van der Waals surface area contributed by atoms with E-state index in [1.165, 1.54) is 17.7 Å². The molecule has 0 radical (unpaired) electrons. The van der Waals surface area contributed by atoms with Crippen molar-refractivity contribution in [2.75, 3.05) is 5.73 Å². The van der Waals surface area contributed by atoms with Gasteiger partial charge in [0.1, 0.15) is 17.5 Å². The summed E-state index contributed by atoms with van der Waals surface area (Å²) in [6.07, 6.45) is -2.14. The number of nitrogens with zero attached hydrogens (tertiary/aromatic N) is 2. The van der Waals surface area contributed by atoms with Crippen molar-refractivity contribution in [1.29, 1.82) is 5.26 Å². The number of nitriles is 1. The normalized spacial score (nSPS) is 16.1. The summed E-state index contributed by atoms with van der Waals surface area (Å²) in [6.45, 7) is 0. The van der Waals surface area contributed by atoms with Gasteiger partial charge < -0.3 is 5.73 Å². The van der Waals surface area contributed by atoms with E-state index in [0.717, 1.165) is 29.8 Å². The van der Waals surface area contributed by atoms with Gasteiger partial charge in [0.25, 0.3) is 0 Å². The van der Waals surface area contributed by atoms with Crippen LogP contribution in [0.4, 0.5) is 19.0 Å². The molecule has 1 heterocycles. The summed E-state index contributed by atoms with van der Waals surface area (Å²) in [7, 11) is 0. The molecule has 4 rings (SSSR count). The van der Waals surface area contributed by atoms with Gasteiger partial charge in [-0.1, -0.05) is 42.5 Å². The second-order valence-electron chi connectivity index (χ2n) is 7.21. The average molecular weight is 393 g/mol. The van der Waals surface area contributed by atoms with E-state index in [-0.39, 0.29) is 17.3 Å². The lowest BCUT2D eigenvalue weighted by Gasteiger charge is -2.27. The number of aryl methyl sites for hydroxylation is 1. The number of nitrogens with two attached hydrogens (primary N) is 1. The third kappa shape index (κ3) is 3.56. The zero-order valence-corrected chi connectivity index (χ0v) is 15.5. The van der Waals surface area contributed by atoms with Crippen molar-refractivity contribution in [3.05, 3.63) is 82.5 Å². The Hall–Kier alpha value is -3.33. The topological polar surface area (TPSA) is 62.7 Å². The highest BCUT2D eigenvalue weighted by molar-refractivity contribution is 5.79. The monoisotopic (exact) mass is 393 g/mol. The van der Waals surface area contributed by atoms with E-state index in [9.17, 15) is 18.4 Å². The molecule has 0 fully saturated rings. The van der Waals surface area contributed by atoms with E-state index in [4.69, 9.17) is 5.73 Å². The van der Waals surface area contributed by atoms with Crippen LogP contribution in [0, 0.1) is 11.3 Å². The first-order valence-electron chi connectivity index (χ1n) is 9.32. The lowest BCUT2D eigenvalue weighted by molar-refractivity contribution is -0.137. The Balaban J connectivity index is 1.84. The maximum absolute atomic E-state index is 13.0. The third-order valence-electron chi connectivity index (χ3n) is 5.48. The van der Waals surface area contributed by atoms with Crippen LogP contribution in [0.15, 0.2) is 54.6 Å². The van der Waals surface area contributed by atoms with Crippen LogP contribution in [0.2, 0.25) is 0 Å². The molecule has 2 aromatic carbocycles. The van der Waals surface area contributed by atoms with Crippen LogP contribution in [0.25, 0.3) is 11.1 Å². The zero-order valence-electron chi connectivity index (χ0n) is 15.5. The van der Waals surface area contributed by atoms with Gasteiger partial charge >= 0.3 is 6.18 Å². The molecule has 1 aromatic heterocycles. The Morgan fingerprint density at radius 2 is 1.72 bits per heavy atom. The summed E-state index contributed by atoms with van der Waals surface area (Å²) < 4.78 is 38.9. The summed E-state index contributed by atoms with van der Waals surface area (Å²) in [4.78, 5) is 4.43. The standard InChI is InChI=1S/C23H18F3N3/c24-23(25,26)17-9-6-15(7-10-17)21-18-12-16(14-4-2-1-3-5-14)8-11-20(18)29-22(28)19(21)13-27/h1-7,9-10,16H,8,11-12H2,(H2,28,29). The molecule has 3 nitrogen and oxygen atoms in total. The number of rotatable bonds is 2. The lowest BCUT2D eigenvalue weighted by Crippen LogP contribution is -2.17. The van der Waals surface area contributed by atoms with Gasteiger partial charge in [-0.2, -0.15) is 18.4 Å². The highest BCUT2D eigenvalue weighted by atomic mass is 19.4. The largest absolute Gasteiger partial charge is 0.416 e. The first kappa shape index (κ1) is 19.0. The van der Waals surface area contributed by atoms with Crippen molar-refractivity contribution in [3.8, 4) is 17.2 Å². The summed E-state index contributed by atoms with van der Waals surface area (Å²) in [5.74, 6) is 0.383. The Morgan fingerprint density at radius 1 is 1.03 bits per heavy atom. The molecule has 6 heteroatoms. The number of hydrogen-bond donors (Lipinski definition) is 1. The van der Waals surface area contributed by atoms with Gasteiger partial charge in [-0.3, -0.25) is 0 Å². The van der Waals surface area contributed by atoms with Crippen molar-refractivity contribution in [1.82, 2.24) is 4.98 Å². The number of nitrogen functional groups attached to an aromatic ring is 1. The molecule has 1 aliphatic carbocycles. The Morgan fingerprint density at radius 3 is 2.34 bits per heavy atom. The van der Waals surface area contributed by atoms with Crippen LogP contribution in [-0.2, 0) is 19.0 Å². The van der Waals surface area contributed by atoms with Gasteiger partial charge in [-0.25, -0.2) is 4.98 Å². The van der Waals surface area contributed by atoms with E-state index in [0.29, 0.717) is 24.0 Å². The van der Waals surface area contributed by atoms with Gasteiger partial charge in [0, 0.05) is 11.3 Å². The van der Waals surface area contributed by atoms with Crippen molar-refractivity contribution >= 4 is 5.82 Å². The molecule has 0 spiro atoms. The number of aromatic nitrogens is 1. The third-order valence-corrected chi connectivity index (χ3v) is 5.48. The highest BCUT2D eigenvalue weighted by Gasteiger charge is 2.31. The Bertz CT molecular complexity index is 1080. The molecule has 146 valence electrons. The fourth-order valence-electron chi connectivity index (χ4n) is 4.05. The SMILES string of the molecule is N#Cc1c(N)nc2c(c1-c1ccc(C(F)(F)F)cc1)CC(c1ccccc1)CC2. The van der Waals surface area contributed by atoms with Gasteiger partial charge in [-0.15, -0.1) is 0 Å². The van der Waals surface area contributed by atoms with Crippen molar-refractivity contribution < 1.29 is 13.2 Å². The molecule has 0 saturated heterocycles. The fourth-order valence-corrected chi connectivity index (χ4v) is 4.05. The molecular formula is C23H18F3N3. The molecular weight excluding hydrogens is 375 g/mol. The van der Waals surface area contributed by atoms with Crippen LogP contribution in [0.1, 0.15) is 40.3 Å². The molecule has 1 unspecified atom stereocenters. The van der Waals surface area contributed by atoms with Crippen LogP contribution < -0.4 is 5.73 Å². The first-order valence-corrected chi connectivity index (χ1v) is 9.32. The summed E-state index contributed by atoms with van der Waals surface area (Å²) >= 11 is 0. The first-order chi connectivity index (χ1) is 13.9. The van der Waals surface area contributed by atoms with Crippen molar-refractivity contribution in [3.63, 3.8) is 0 Å². The summed E-state index contributed by atoms with van der Waals surface area (Å²) in [6, 6.07) is 17.1. The molecule has 0 bridgehead atoms. The maximum atomic E-state index is 13.0. The van der Waals surface area contributed by atoms with E-state index < -0.39 is 11.7 Å². The van der Waals surface area contributed by atoms with Crippen LogP contribution in [0.5, 0.6) is 0 Å².